The molecule has 1 aliphatic heterocycles. The van der Waals surface area contributed by atoms with Crippen LogP contribution in [-0.4, -0.2) is 143 Å². The van der Waals surface area contributed by atoms with Crippen molar-refractivity contribution in [1.82, 2.24) is 20.5 Å². The summed E-state index contributed by atoms with van der Waals surface area (Å²) < 4.78 is 32.4. The molecule has 1 aliphatic rings. The molecule has 3 unspecified atom stereocenters. The molecular weight excluding hydrogens is 723 g/mol. The van der Waals surface area contributed by atoms with Gasteiger partial charge < -0.3 is 49.1 Å². The molecule has 0 bridgehead atoms. The summed E-state index contributed by atoms with van der Waals surface area (Å²) in [5, 5.41) is 19.5. The zero-order valence-corrected chi connectivity index (χ0v) is 32.5. The number of nitrogens with zero attached hydrogens (tertiary/aromatic N) is 5. The summed E-state index contributed by atoms with van der Waals surface area (Å²) in [5.74, 6) is -1.30. The molecule has 2 aromatic rings. The van der Waals surface area contributed by atoms with Gasteiger partial charge in [-0.15, -0.1) is 11.3 Å². The van der Waals surface area contributed by atoms with Gasteiger partial charge in [-0.25, -0.2) is 4.98 Å². The van der Waals surface area contributed by atoms with Crippen LogP contribution in [0.1, 0.15) is 38.4 Å². The van der Waals surface area contributed by atoms with Crippen LogP contribution < -0.4 is 10.6 Å². The fourth-order valence-electron chi connectivity index (χ4n) is 5.40. The Bertz CT molecular complexity index is 1470. The summed E-state index contributed by atoms with van der Waals surface area (Å²) in [6, 6.07) is 6.02. The van der Waals surface area contributed by atoms with Crippen molar-refractivity contribution in [2.24, 2.45) is 10.5 Å². The van der Waals surface area contributed by atoms with Gasteiger partial charge >= 0.3 is 0 Å². The number of carbonyl (C=O) groups is 3. The molecule has 18 heteroatoms. The number of aliphatic hydroxyl groups is 1. The first kappa shape index (κ1) is 44.7. The first-order valence-electron chi connectivity index (χ1n) is 18.0. The number of hydrogen-bond acceptors (Lipinski definition) is 13. The number of thiazole rings is 1. The quantitative estimate of drug-likeness (QED) is 0.0546. The van der Waals surface area contributed by atoms with Crippen LogP contribution in [-0.2, 0) is 49.3 Å². The van der Waals surface area contributed by atoms with E-state index in [4.69, 9.17) is 34.0 Å². The molecule has 1 aromatic carbocycles. The number of nitrogens with one attached hydrogen (secondary N) is 2. The molecule has 3 atom stereocenters. The van der Waals surface area contributed by atoms with Crippen LogP contribution in [0.4, 0.5) is 0 Å². The van der Waals surface area contributed by atoms with Crippen molar-refractivity contribution < 1.29 is 47.9 Å². The molecule has 0 aliphatic carbocycles. The number of rotatable bonds is 26. The van der Waals surface area contributed by atoms with Crippen LogP contribution in [0.5, 0.6) is 0 Å². The first-order chi connectivity index (χ1) is 26.0. The largest absolute Gasteiger partial charge is 0.391 e. The number of aliphatic hydroxyl groups excluding tert-OH is 1. The molecular formula is C36H55N7O10S. The van der Waals surface area contributed by atoms with Crippen molar-refractivity contribution in [3.05, 3.63) is 51.5 Å². The van der Waals surface area contributed by atoms with Gasteiger partial charge in [0.25, 0.3) is 0 Å². The van der Waals surface area contributed by atoms with E-state index in [9.17, 15) is 19.5 Å². The number of aromatic nitrogens is 1. The number of ether oxygens (including phenoxy) is 6. The Morgan fingerprint density at radius 2 is 1.50 bits per heavy atom. The van der Waals surface area contributed by atoms with E-state index in [1.807, 2.05) is 57.5 Å². The molecule has 54 heavy (non-hydrogen) atoms. The third-order valence-corrected chi connectivity index (χ3v) is 9.18. The zero-order valence-electron chi connectivity index (χ0n) is 31.7. The summed E-state index contributed by atoms with van der Waals surface area (Å²) in [6.07, 6.45) is -0.763. The lowest BCUT2D eigenvalue weighted by molar-refractivity contribution is -0.144. The number of likely N-dealkylation sites (tertiary alicyclic amines) is 1. The number of azide groups is 1. The van der Waals surface area contributed by atoms with Crippen LogP contribution in [0.15, 0.2) is 34.9 Å². The fraction of sp³-hybridized carbons (Fsp3) is 0.667. The van der Waals surface area contributed by atoms with Gasteiger partial charge in [-0.3, -0.25) is 14.4 Å². The number of benzene rings is 1. The highest BCUT2D eigenvalue weighted by atomic mass is 32.1. The maximum absolute atomic E-state index is 13.8. The Kier molecular flexibility index (Phi) is 20.4. The molecule has 300 valence electrons. The molecule has 1 saturated heterocycles. The number of aryl methyl sites for hydroxylation is 1. The lowest BCUT2D eigenvalue weighted by Crippen LogP contribution is -2.58. The van der Waals surface area contributed by atoms with Gasteiger partial charge in [0, 0.05) is 31.0 Å². The summed E-state index contributed by atoms with van der Waals surface area (Å²) >= 11 is 1.57. The molecule has 3 rings (SSSR count). The van der Waals surface area contributed by atoms with Gasteiger partial charge in [0.2, 0.25) is 17.7 Å². The van der Waals surface area contributed by atoms with E-state index >= 15 is 0 Å². The minimum Gasteiger partial charge on any atom is -0.391 e. The van der Waals surface area contributed by atoms with Crippen LogP contribution >= 0.6 is 11.3 Å². The first-order valence-corrected chi connectivity index (χ1v) is 18.9. The molecule has 2 heterocycles. The van der Waals surface area contributed by atoms with Crippen molar-refractivity contribution in [2.75, 3.05) is 92.4 Å². The number of hydrogen-bond donors (Lipinski definition) is 3. The van der Waals surface area contributed by atoms with Gasteiger partial charge in [-0.05, 0) is 29.0 Å². The maximum Gasteiger partial charge on any atom is 0.246 e. The number of β-amino-alcohol motifs (C(OH)–C–C–N with tert-alkyl or cyclic N) is 1. The van der Waals surface area contributed by atoms with Gasteiger partial charge in [0.05, 0.1) is 94.9 Å². The van der Waals surface area contributed by atoms with E-state index in [2.05, 4.69) is 25.6 Å². The Hall–Kier alpha value is -3.71. The molecule has 1 aromatic heterocycles. The van der Waals surface area contributed by atoms with Crippen LogP contribution in [0, 0.1) is 12.3 Å². The van der Waals surface area contributed by atoms with Crippen molar-refractivity contribution >= 4 is 29.1 Å². The van der Waals surface area contributed by atoms with Crippen molar-refractivity contribution in [3.63, 3.8) is 0 Å². The van der Waals surface area contributed by atoms with E-state index in [0.29, 0.717) is 66.0 Å². The van der Waals surface area contributed by atoms with E-state index in [0.717, 1.165) is 21.7 Å². The van der Waals surface area contributed by atoms with Crippen LogP contribution in [0.25, 0.3) is 20.9 Å². The molecule has 3 amide bonds. The average Bonchev–Trinajstić information content (AvgIpc) is 3.76. The standard InChI is InChI=1S/C36H55N7O10S/c1-26-32(54-25-39-26)28-7-5-27(6-8-28)22-38-34(46)30-21-29(44)23-43(30)35(47)33(36(2,3)4)41-31(45)24-53-20-19-52-18-17-51-16-15-50-14-13-49-12-11-48-10-9-40-42-37/h5-8,25,29-30,33,44H,9-24H2,1-4H3,(H,38,46)(H,41,45). The Morgan fingerprint density at radius 3 is 2.02 bits per heavy atom. The second-order valence-corrected chi connectivity index (χ2v) is 14.4. The van der Waals surface area contributed by atoms with Gasteiger partial charge in [-0.1, -0.05) is 50.2 Å². The van der Waals surface area contributed by atoms with E-state index in [-0.39, 0.29) is 45.2 Å². The molecule has 0 spiro atoms. The highest BCUT2D eigenvalue weighted by molar-refractivity contribution is 7.13. The maximum atomic E-state index is 13.8. The molecule has 3 N–H and O–H groups in total. The SMILES string of the molecule is Cc1ncsc1-c1ccc(CNC(=O)C2CC(O)CN2C(=O)C(NC(=O)COCCOCCOCCOCCOCCOCCN=[N+]=[N-])C(C)(C)C)cc1. The van der Waals surface area contributed by atoms with Gasteiger partial charge in [0.1, 0.15) is 18.7 Å². The summed E-state index contributed by atoms with van der Waals surface area (Å²) in [6.45, 7) is 11.7. The van der Waals surface area contributed by atoms with E-state index < -0.39 is 35.4 Å². The molecule has 0 saturated carbocycles. The van der Waals surface area contributed by atoms with E-state index in [1.165, 1.54) is 4.90 Å². The van der Waals surface area contributed by atoms with Gasteiger partial charge in [-0.2, -0.15) is 0 Å². The third kappa shape index (κ3) is 16.3. The predicted molar refractivity (Wildman–Crippen MR) is 201 cm³/mol. The summed E-state index contributed by atoms with van der Waals surface area (Å²) in [5.41, 5.74) is 12.2. The molecule has 0 radical (unpaired) electrons. The average molecular weight is 778 g/mol. The van der Waals surface area contributed by atoms with Crippen molar-refractivity contribution in [2.45, 2.75) is 58.8 Å². The van der Waals surface area contributed by atoms with Crippen molar-refractivity contribution in [3.8, 4) is 10.4 Å². The number of amides is 3. The van der Waals surface area contributed by atoms with Crippen LogP contribution in [0.2, 0.25) is 0 Å². The predicted octanol–water partition coefficient (Wildman–Crippen LogP) is 2.64. The summed E-state index contributed by atoms with van der Waals surface area (Å²) in [7, 11) is 0. The summed E-state index contributed by atoms with van der Waals surface area (Å²) in [4.78, 5) is 49.3. The van der Waals surface area contributed by atoms with E-state index in [1.54, 1.807) is 11.3 Å². The Labute approximate surface area is 320 Å². The normalized spacial score (nSPS) is 16.2. The highest BCUT2D eigenvalue weighted by Gasteiger charge is 2.44. The fourth-order valence-corrected chi connectivity index (χ4v) is 6.21. The lowest BCUT2D eigenvalue weighted by atomic mass is 9.85. The Morgan fingerprint density at radius 1 is 0.944 bits per heavy atom. The minimum atomic E-state index is -0.955. The molecule has 1 fully saturated rings. The minimum absolute atomic E-state index is 0.0120. The lowest BCUT2D eigenvalue weighted by Gasteiger charge is -2.35. The van der Waals surface area contributed by atoms with Crippen LogP contribution in [0.3, 0.4) is 0 Å². The molecule has 17 nitrogen and oxygen atoms in total. The Balaban J connectivity index is 1.28. The second-order valence-electron chi connectivity index (χ2n) is 13.5. The van der Waals surface area contributed by atoms with Gasteiger partial charge in [0.15, 0.2) is 0 Å². The zero-order chi connectivity index (χ0) is 39.2. The van der Waals surface area contributed by atoms with Crippen molar-refractivity contribution in [1.29, 1.82) is 0 Å². The topological polar surface area (TPSA) is 216 Å². The smallest absolute Gasteiger partial charge is 0.246 e. The second kappa shape index (κ2) is 24.6. The highest BCUT2D eigenvalue weighted by Crippen LogP contribution is 2.28. The third-order valence-electron chi connectivity index (χ3n) is 8.20. The number of carbonyl (C=O) groups excluding carboxylic acids is 3. The monoisotopic (exact) mass is 777 g/mol.